The number of phenols is 1. The summed E-state index contributed by atoms with van der Waals surface area (Å²) in [5, 5.41) is 73.5. The van der Waals surface area contributed by atoms with Crippen LogP contribution in [0.3, 0.4) is 0 Å². The van der Waals surface area contributed by atoms with Crippen LogP contribution in [0.25, 0.3) is 21.8 Å². The molecule has 47 heteroatoms. The van der Waals surface area contributed by atoms with Crippen LogP contribution in [0, 0.1) is 11.3 Å². The third kappa shape index (κ3) is 31.6. The number of nitrogens with zero attached hydrogens (tertiary/aromatic N) is 6. The normalized spacial score (nSPS) is 24.2. The summed E-state index contributed by atoms with van der Waals surface area (Å²) in [5.74, 6) is -19.3. The van der Waals surface area contributed by atoms with Crippen molar-refractivity contribution in [2.24, 2.45) is 23.1 Å². The Labute approximate surface area is 818 Å². The number of thioether (sulfide) groups is 1. The smallest absolute Gasteiger partial charge is 0.246 e. The first-order valence-corrected chi connectivity index (χ1v) is 48.4. The fraction of sp³-hybridized carbons (Fsp3) is 0.532. The van der Waals surface area contributed by atoms with Crippen LogP contribution in [-0.2, 0) is 112 Å². The van der Waals surface area contributed by atoms with Crippen molar-refractivity contribution in [3.63, 3.8) is 0 Å². The fourth-order valence-corrected chi connectivity index (χ4v) is 18.1. The van der Waals surface area contributed by atoms with Gasteiger partial charge in [-0.1, -0.05) is 108 Å². The minimum atomic E-state index is -1.91. The van der Waals surface area contributed by atoms with Crippen LogP contribution in [-0.4, -0.2) is 335 Å². The van der Waals surface area contributed by atoms with E-state index in [1.165, 1.54) is 64.9 Å². The van der Waals surface area contributed by atoms with Gasteiger partial charge in [-0.25, -0.2) is 4.98 Å². The van der Waals surface area contributed by atoms with Crippen molar-refractivity contribution in [2.45, 2.75) is 241 Å². The van der Waals surface area contributed by atoms with Gasteiger partial charge in [-0.3, -0.25) is 91.7 Å². The molecule has 15 atom stereocenters. The monoisotopic (exact) mass is 1980 g/mol. The fourth-order valence-electron chi connectivity index (χ4n) is 17.2. The molecule has 3 saturated heterocycles. The number of para-hydroxylation sites is 2. The summed E-state index contributed by atoms with van der Waals surface area (Å²) in [4.78, 5) is 283. The van der Waals surface area contributed by atoms with Crippen molar-refractivity contribution in [2.75, 3.05) is 72.0 Å². The van der Waals surface area contributed by atoms with E-state index in [9.17, 15) is 58.5 Å². The van der Waals surface area contributed by atoms with Gasteiger partial charge in [0.25, 0.3) is 0 Å². The first kappa shape index (κ1) is 110. The SMILES string of the molecule is CCCCC[C@H]1C(=O)N(C)[C@@H](CCCC)C(=O)N[C@@H](CCCNC(=N)N)C(=O)N[C@H](C(=O)NCC(=O)NCC(N)=O)CSCC(=O)N[C@@H](Cc2ccc(O)cc2)C(=O)N(C)[C@@H](C)C(=O)N[C@@H](CC(N)=O)C(=O)N2CCC[C@H]2C(=O)N[C@@H](Cc2cnc[nH]2)C(=O)N[C@@H](CC(C)C)C(=O)N2C[C@H](O)C[C@H]2C(=O)N[C@@H](Cc2c[nH]c3ccccc23)C(=O)N[C@@H](CO)C(=O)N[C@@H](Cc2c[nH]c3ccccc23)C(=O)N1C. The quantitative estimate of drug-likeness (QED) is 0.0123. The molecule has 3 aromatic carbocycles. The minimum Gasteiger partial charge on any atom is -0.508 e. The summed E-state index contributed by atoms with van der Waals surface area (Å²) in [6.07, 6.45) is 4.08. The summed E-state index contributed by atoms with van der Waals surface area (Å²) in [7, 11) is 3.88. The number of carbonyl (C=O) groups excluding carboxylic acids is 18. The molecule has 46 nitrogen and oxygen atoms in total. The van der Waals surface area contributed by atoms with Crippen LogP contribution >= 0.6 is 11.8 Å². The number of imidazole rings is 1. The van der Waals surface area contributed by atoms with Gasteiger partial charge < -0.3 is 136 Å². The second-order valence-electron chi connectivity index (χ2n) is 36.1. The number of amides is 18. The van der Waals surface area contributed by atoms with Crippen LogP contribution < -0.4 is 81.0 Å². The number of H-pyrrole nitrogens is 3. The molecule has 3 aliphatic heterocycles. The van der Waals surface area contributed by atoms with Gasteiger partial charge in [0.15, 0.2) is 5.96 Å². The molecule has 766 valence electrons. The number of likely N-dealkylation sites (N-methyl/N-ethyl adjacent to an activating group) is 3. The van der Waals surface area contributed by atoms with Gasteiger partial charge in [-0.15, -0.1) is 11.8 Å². The number of nitrogens with one attached hydrogen (secondary N) is 16. The maximum Gasteiger partial charge on any atom is 0.246 e. The third-order valence-corrected chi connectivity index (χ3v) is 26.1. The Morgan fingerprint density at radius 3 is 1.70 bits per heavy atom. The van der Waals surface area contributed by atoms with Gasteiger partial charge >= 0.3 is 0 Å². The number of aromatic nitrogens is 4. The molecule has 18 amide bonds. The number of phenolic OH excluding ortho intramolecular Hbond substituents is 1. The lowest BCUT2D eigenvalue weighted by Gasteiger charge is -2.36. The molecule has 0 bridgehead atoms. The third-order valence-electron chi connectivity index (χ3n) is 25.0. The number of aromatic amines is 3. The highest BCUT2D eigenvalue weighted by Crippen LogP contribution is 2.28. The van der Waals surface area contributed by atoms with E-state index in [1.807, 2.05) is 13.8 Å². The maximum atomic E-state index is 15.9. The molecular weight excluding hydrogens is 1850 g/mol. The van der Waals surface area contributed by atoms with Crippen LogP contribution in [0.4, 0.5) is 0 Å². The number of fused-ring (bicyclic) bond motifs is 4. The Kier molecular flexibility index (Phi) is 41.7. The van der Waals surface area contributed by atoms with Crippen molar-refractivity contribution in [3.8, 4) is 5.75 Å². The lowest BCUT2D eigenvalue weighted by Crippen LogP contribution is -2.62. The zero-order chi connectivity index (χ0) is 103. The summed E-state index contributed by atoms with van der Waals surface area (Å²) >= 11 is 0.730. The standard InChI is InChI=1S/C94H133N25O21S/c1-9-11-13-26-74-93(140)116(7)72(25-12-10-2)86(133)107-63(24-18-32-100-94(97)98)82(129)114-71(81(128)104-45-78(125)103-44-77(96)124)48-141-49-79(126)106-67(35-53-28-30-57(121)31-29-53)89(136)115(6)52(5)80(127)110-69(40-76(95)123)91(138)118-33-19-27-73(118)87(134)109-65(38-56-43-99-50-105-56)84(131)111-66(34-51(3)4)92(139)119-46-58(122)39-75(119)88(135)108-64(36-54-41-101-61-22-16-14-20-59(54)61)83(130)113-70(47-120)85(132)112-68(90(137)117(74)8)37-55-42-102-62-23-17-15-21-60(55)62/h14-17,20-23,28-31,41-43,50-52,58,63-75,101-102,120-122H,9-13,18-19,24-27,32-40,44-49H2,1-8H3,(H2,95,123)(H2,96,124)(H,99,105)(H,103,125)(H,104,128)(H,106,126)(H,107,133)(H,108,135)(H,109,134)(H,110,127)(H,111,131)(H,112,132)(H,113,130)(H,114,129)(H4,97,98,100)/t52-,58+,63-,64-,65-,66-,67-,68-,69-,70-,71-,72-,73-,74-,75-/m0/s1. The largest absolute Gasteiger partial charge is 0.508 e. The lowest BCUT2D eigenvalue weighted by molar-refractivity contribution is -0.149. The van der Waals surface area contributed by atoms with E-state index < -0.39 is 254 Å². The van der Waals surface area contributed by atoms with E-state index in [1.54, 1.807) is 74.8 Å². The number of aliphatic hydroxyl groups excluding tert-OH is 2. The molecular formula is C94H133N25O21S. The Balaban J connectivity index is 1.11. The van der Waals surface area contributed by atoms with Gasteiger partial charge in [0, 0.05) is 125 Å². The van der Waals surface area contributed by atoms with E-state index in [4.69, 9.17) is 22.6 Å². The zero-order valence-electron chi connectivity index (χ0n) is 80.4. The molecule has 0 aliphatic carbocycles. The van der Waals surface area contributed by atoms with Gasteiger partial charge in [0.2, 0.25) is 106 Å². The minimum absolute atomic E-state index is 0.00362. The number of hydrogen-bond donors (Lipinski definition) is 22. The van der Waals surface area contributed by atoms with Crippen LogP contribution in [0.5, 0.6) is 5.75 Å². The molecule has 6 aromatic rings. The van der Waals surface area contributed by atoms with E-state index in [2.05, 4.69) is 83.7 Å². The van der Waals surface area contributed by atoms with Crippen molar-refractivity contribution < 1.29 is 102 Å². The average Bonchev–Trinajstić information content (AvgIpc) is 1.70. The highest BCUT2D eigenvalue weighted by molar-refractivity contribution is 8.00. The first-order chi connectivity index (χ1) is 67.2. The molecule has 3 fully saturated rings. The van der Waals surface area contributed by atoms with Crippen LogP contribution in [0.15, 0.2) is 97.7 Å². The van der Waals surface area contributed by atoms with Crippen molar-refractivity contribution in [1.29, 1.82) is 5.41 Å². The summed E-state index contributed by atoms with van der Waals surface area (Å²) < 4.78 is 0. The molecule has 0 unspecified atom stereocenters. The Bertz CT molecular complexity index is 5420. The number of guanidine groups is 1. The van der Waals surface area contributed by atoms with E-state index in [0.717, 1.165) is 36.3 Å². The molecule has 0 spiro atoms. The highest BCUT2D eigenvalue weighted by Gasteiger charge is 2.47. The molecule has 0 saturated carbocycles. The topological polar surface area (TPSA) is 691 Å². The van der Waals surface area contributed by atoms with Gasteiger partial charge in [0.05, 0.1) is 44.3 Å². The summed E-state index contributed by atoms with van der Waals surface area (Å²) in [5.41, 5.74) is 19.6. The van der Waals surface area contributed by atoms with Gasteiger partial charge in [-0.2, -0.15) is 0 Å². The van der Waals surface area contributed by atoms with E-state index in [0.29, 0.717) is 76.3 Å². The number of rotatable bonds is 29. The van der Waals surface area contributed by atoms with Crippen molar-refractivity contribution in [1.82, 2.24) is 108 Å². The number of aliphatic hydroxyl groups is 2. The molecule has 3 aromatic heterocycles. The van der Waals surface area contributed by atoms with Gasteiger partial charge in [0.1, 0.15) is 90.3 Å². The van der Waals surface area contributed by atoms with Gasteiger partial charge in [-0.05, 0) is 98.7 Å². The first-order valence-electron chi connectivity index (χ1n) is 47.2. The number of primary amides is 2. The van der Waals surface area contributed by atoms with E-state index >= 15 is 43.2 Å². The number of hydrogen-bond acceptors (Lipinski definition) is 24. The maximum absolute atomic E-state index is 15.9. The molecule has 9 rings (SSSR count). The second-order valence-corrected chi connectivity index (χ2v) is 37.1. The van der Waals surface area contributed by atoms with Crippen LogP contribution in [0.1, 0.15) is 147 Å². The number of benzene rings is 3. The molecule has 6 heterocycles. The predicted octanol–water partition coefficient (Wildman–Crippen LogP) is -3.42. The molecule has 141 heavy (non-hydrogen) atoms. The highest BCUT2D eigenvalue weighted by atomic mass is 32.2. The number of nitrogens with two attached hydrogens (primary N) is 3. The lowest BCUT2D eigenvalue weighted by atomic mass is 9.99. The van der Waals surface area contributed by atoms with Crippen molar-refractivity contribution >= 4 is 146 Å². The Morgan fingerprint density at radius 2 is 1.09 bits per heavy atom. The summed E-state index contributed by atoms with van der Waals surface area (Å²) in [6.45, 7) is 5.30. The molecule has 25 N–H and O–H groups in total. The molecule has 3 aliphatic rings. The average molecular weight is 1980 g/mol. The second kappa shape index (κ2) is 53.2. The molecule has 0 radical (unpaired) electrons. The van der Waals surface area contributed by atoms with Crippen LogP contribution in [0.2, 0.25) is 0 Å². The Hall–Kier alpha value is -14.3. The summed E-state index contributed by atoms with van der Waals surface area (Å²) in [6, 6.07) is -2.66. The van der Waals surface area contributed by atoms with Crippen molar-refractivity contribution in [3.05, 3.63) is 120 Å². The van der Waals surface area contributed by atoms with E-state index in [-0.39, 0.29) is 95.4 Å². The number of carbonyl (C=O) groups is 18. The Morgan fingerprint density at radius 1 is 0.539 bits per heavy atom. The zero-order valence-corrected chi connectivity index (χ0v) is 81.2. The predicted molar refractivity (Wildman–Crippen MR) is 517 cm³/mol. The number of unbranched alkanes of at least 4 members (excludes halogenated alkanes) is 3. The number of aromatic hydroxyl groups is 1.